The minimum absolute atomic E-state index is 0.134. The van der Waals surface area contributed by atoms with Crippen molar-refractivity contribution in [3.63, 3.8) is 0 Å². The normalized spacial score (nSPS) is 26.2. The second kappa shape index (κ2) is 11.9. The molecule has 0 aliphatic carbocycles. The van der Waals surface area contributed by atoms with Crippen molar-refractivity contribution < 1.29 is 14.2 Å². The Balaban J connectivity index is 1.49. The number of methoxy groups -OCH3 is 1. The summed E-state index contributed by atoms with van der Waals surface area (Å²) in [4.78, 5) is 10.1. The smallest absolute Gasteiger partial charge is 0.194 e. The van der Waals surface area contributed by atoms with Crippen molar-refractivity contribution in [3.05, 3.63) is 29.8 Å². The molecule has 0 aromatic heterocycles. The fraction of sp³-hybridized carbons (Fsp3) is 0.720. The van der Waals surface area contributed by atoms with E-state index in [1.807, 2.05) is 0 Å². The number of nitrogens with zero attached hydrogens (tertiary/aromatic N) is 3. The Morgan fingerprint density at radius 3 is 2.53 bits per heavy atom. The number of nitrogens with one attached hydrogen (secondary N) is 1. The van der Waals surface area contributed by atoms with Crippen LogP contribution < -0.4 is 10.1 Å². The lowest BCUT2D eigenvalue weighted by atomic mass is 10.0. The summed E-state index contributed by atoms with van der Waals surface area (Å²) in [5.74, 6) is 1.89. The van der Waals surface area contributed by atoms with Crippen LogP contribution >= 0.6 is 0 Å². The van der Waals surface area contributed by atoms with Crippen molar-refractivity contribution in [2.75, 3.05) is 59.6 Å². The van der Waals surface area contributed by atoms with Crippen LogP contribution in [0.4, 0.5) is 0 Å². The maximum atomic E-state index is 6.06. The molecule has 0 saturated carbocycles. The summed E-state index contributed by atoms with van der Waals surface area (Å²) in [6, 6.07) is 8.81. The zero-order valence-electron chi connectivity index (χ0n) is 19.8. The van der Waals surface area contributed by atoms with Gasteiger partial charge in [0.25, 0.3) is 0 Å². The molecule has 1 aromatic rings. The van der Waals surface area contributed by atoms with Gasteiger partial charge in [0.15, 0.2) is 5.96 Å². The zero-order valence-corrected chi connectivity index (χ0v) is 19.8. The summed E-state index contributed by atoms with van der Waals surface area (Å²) in [7, 11) is 1.72. The molecule has 0 bridgehead atoms. The molecular formula is C25H40N4O3. The number of guanidine groups is 1. The molecule has 7 nitrogen and oxygen atoms in total. The van der Waals surface area contributed by atoms with Gasteiger partial charge in [0.05, 0.1) is 32.4 Å². The second-order valence-electron chi connectivity index (χ2n) is 8.99. The lowest BCUT2D eigenvalue weighted by molar-refractivity contribution is -0.0817. The van der Waals surface area contributed by atoms with Gasteiger partial charge in [-0.25, -0.2) is 0 Å². The molecule has 0 radical (unpaired) electrons. The Morgan fingerprint density at radius 2 is 1.84 bits per heavy atom. The number of morpholine rings is 1. The van der Waals surface area contributed by atoms with Gasteiger partial charge < -0.3 is 24.4 Å². The quantitative estimate of drug-likeness (QED) is 0.515. The average Bonchev–Trinajstić information content (AvgIpc) is 3.40. The third-order valence-electron chi connectivity index (χ3n) is 6.85. The van der Waals surface area contributed by atoms with E-state index in [1.165, 1.54) is 24.8 Å². The van der Waals surface area contributed by atoms with Crippen LogP contribution in [0.5, 0.6) is 5.75 Å². The molecule has 0 amide bonds. The maximum Gasteiger partial charge on any atom is 0.194 e. The number of hydrogen-bond acceptors (Lipinski definition) is 5. The van der Waals surface area contributed by atoms with E-state index in [2.05, 4.69) is 46.3 Å². The van der Waals surface area contributed by atoms with Crippen molar-refractivity contribution in [1.29, 1.82) is 0 Å². The van der Waals surface area contributed by atoms with E-state index in [9.17, 15) is 0 Å². The summed E-state index contributed by atoms with van der Waals surface area (Å²) in [6.45, 7) is 9.32. The molecule has 1 aromatic carbocycles. The van der Waals surface area contributed by atoms with Gasteiger partial charge in [0, 0.05) is 26.2 Å². The SMILES string of the molecule is CCNC(=NCC(c1ccc(OC)cc1)N1CCCCC1)N1CCOC(C2CCCO2)C1. The summed E-state index contributed by atoms with van der Waals surface area (Å²) >= 11 is 0. The van der Waals surface area contributed by atoms with Gasteiger partial charge in [0.1, 0.15) is 11.9 Å². The van der Waals surface area contributed by atoms with Gasteiger partial charge in [-0.3, -0.25) is 9.89 Å². The Hall–Kier alpha value is -1.83. The van der Waals surface area contributed by atoms with Crippen LogP contribution in [0.25, 0.3) is 0 Å². The largest absolute Gasteiger partial charge is 0.497 e. The molecule has 3 saturated heterocycles. The maximum absolute atomic E-state index is 6.06. The molecule has 3 aliphatic heterocycles. The molecule has 3 fully saturated rings. The Kier molecular flexibility index (Phi) is 8.65. The molecule has 1 N–H and O–H groups in total. The summed E-state index contributed by atoms with van der Waals surface area (Å²) < 4.78 is 17.3. The van der Waals surface area contributed by atoms with Gasteiger partial charge >= 0.3 is 0 Å². The van der Waals surface area contributed by atoms with E-state index in [-0.39, 0.29) is 18.2 Å². The predicted molar refractivity (Wildman–Crippen MR) is 127 cm³/mol. The summed E-state index contributed by atoms with van der Waals surface area (Å²) in [6.07, 6.45) is 6.46. The number of rotatable bonds is 7. The van der Waals surface area contributed by atoms with Crippen molar-refractivity contribution in [2.45, 2.75) is 57.3 Å². The molecule has 3 unspecified atom stereocenters. The standard InChI is InChI=1S/C25H40N4O3/c1-3-26-25(29-15-17-32-24(19-29)23-8-7-16-31-23)27-18-22(28-13-5-4-6-14-28)20-9-11-21(30-2)12-10-20/h9-12,22-24H,3-8,13-19H2,1-2H3,(H,26,27). The lowest BCUT2D eigenvalue weighted by Crippen LogP contribution is -2.53. The first-order chi connectivity index (χ1) is 15.8. The van der Waals surface area contributed by atoms with Gasteiger partial charge in [-0.05, 0) is 63.4 Å². The van der Waals surface area contributed by atoms with Crippen molar-refractivity contribution >= 4 is 5.96 Å². The fourth-order valence-corrected chi connectivity index (χ4v) is 5.08. The van der Waals surface area contributed by atoms with E-state index in [0.29, 0.717) is 0 Å². The first-order valence-corrected chi connectivity index (χ1v) is 12.4. The average molecular weight is 445 g/mol. The van der Waals surface area contributed by atoms with Crippen LogP contribution in [0.2, 0.25) is 0 Å². The van der Waals surface area contributed by atoms with Gasteiger partial charge in [-0.2, -0.15) is 0 Å². The van der Waals surface area contributed by atoms with E-state index >= 15 is 0 Å². The molecule has 178 valence electrons. The summed E-state index contributed by atoms with van der Waals surface area (Å²) in [5.41, 5.74) is 1.31. The number of benzene rings is 1. The number of ether oxygens (including phenoxy) is 3. The lowest BCUT2D eigenvalue weighted by Gasteiger charge is -2.38. The summed E-state index contributed by atoms with van der Waals surface area (Å²) in [5, 5.41) is 3.53. The highest BCUT2D eigenvalue weighted by Gasteiger charge is 2.32. The van der Waals surface area contributed by atoms with Crippen LogP contribution in [0.15, 0.2) is 29.3 Å². The van der Waals surface area contributed by atoms with Crippen molar-refractivity contribution in [3.8, 4) is 5.75 Å². The van der Waals surface area contributed by atoms with Crippen LogP contribution in [0.3, 0.4) is 0 Å². The van der Waals surface area contributed by atoms with Gasteiger partial charge in [-0.15, -0.1) is 0 Å². The molecule has 3 aliphatic rings. The minimum Gasteiger partial charge on any atom is -0.497 e. The molecular weight excluding hydrogens is 404 g/mol. The monoisotopic (exact) mass is 444 g/mol. The van der Waals surface area contributed by atoms with E-state index < -0.39 is 0 Å². The Labute approximate surface area is 193 Å². The van der Waals surface area contributed by atoms with Gasteiger partial charge in [0.2, 0.25) is 0 Å². The number of aliphatic imine (C=N–C) groups is 1. The first kappa shape index (κ1) is 23.3. The molecule has 7 heteroatoms. The highest BCUT2D eigenvalue weighted by Crippen LogP contribution is 2.27. The zero-order chi connectivity index (χ0) is 22.2. The van der Waals surface area contributed by atoms with Crippen LogP contribution in [-0.4, -0.2) is 87.6 Å². The first-order valence-electron chi connectivity index (χ1n) is 12.4. The Bertz CT molecular complexity index is 714. The molecule has 3 atom stereocenters. The number of piperidine rings is 1. The minimum atomic E-state index is 0.134. The predicted octanol–water partition coefficient (Wildman–Crippen LogP) is 3.07. The Morgan fingerprint density at radius 1 is 1.06 bits per heavy atom. The number of hydrogen-bond donors (Lipinski definition) is 1. The third-order valence-corrected chi connectivity index (χ3v) is 6.85. The highest BCUT2D eigenvalue weighted by molar-refractivity contribution is 5.80. The topological polar surface area (TPSA) is 58.6 Å². The molecule has 0 spiro atoms. The van der Waals surface area contributed by atoms with Crippen LogP contribution in [-0.2, 0) is 9.47 Å². The molecule has 32 heavy (non-hydrogen) atoms. The highest BCUT2D eigenvalue weighted by atomic mass is 16.5. The van der Waals surface area contributed by atoms with E-state index in [4.69, 9.17) is 19.2 Å². The van der Waals surface area contributed by atoms with E-state index in [0.717, 1.165) is 77.0 Å². The number of likely N-dealkylation sites (tertiary alicyclic amines) is 1. The third kappa shape index (κ3) is 5.94. The fourth-order valence-electron chi connectivity index (χ4n) is 5.08. The van der Waals surface area contributed by atoms with Crippen molar-refractivity contribution in [2.24, 2.45) is 4.99 Å². The molecule has 4 rings (SSSR count). The van der Waals surface area contributed by atoms with Crippen LogP contribution in [0, 0.1) is 0 Å². The second-order valence-corrected chi connectivity index (χ2v) is 8.99. The van der Waals surface area contributed by atoms with E-state index in [1.54, 1.807) is 7.11 Å². The van der Waals surface area contributed by atoms with Crippen LogP contribution in [0.1, 0.15) is 50.6 Å². The molecule has 3 heterocycles. The van der Waals surface area contributed by atoms with Gasteiger partial charge in [-0.1, -0.05) is 18.6 Å². The van der Waals surface area contributed by atoms with Crippen molar-refractivity contribution in [1.82, 2.24) is 15.1 Å².